The molecule has 3 rings (SSSR count). The van der Waals surface area contributed by atoms with Gasteiger partial charge in [0.15, 0.2) is 0 Å². The maximum Gasteiger partial charge on any atom is 0.249 e. The highest BCUT2D eigenvalue weighted by Crippen LogP contribution is 2.30. The molecule has 1 aliphatic carbocycles. The Balaban J connectivity index is 1.52. The highest BCUT2D eigenvalue weighted by atomic mass is 16.5. The summed E-state index contributed by atoms with van der Waals surface area (Å²) in [6.45, 7) is 4.00. The van der Waals surface area contributed by atoms with Gasteiger partial charge in [0.05, 0.1) is 7.11 Å². The molecule has 1 amide bonds. The van der Waals surface area contributed by atoms with Gasteiger partial charge < -0.3 is 15.2 Å². The number of methoxy groups -OCH3 is 1. The summed E-state index contributed by atoms with van der Waals surface area (Å²) in [6.07, 6.45) is 2.95. The molecule has 2 atom stereocenters. The lowest BCUT2D eigenvalue weighted by atomic mass is 9.89. The molecule has 132 valence electrons. The van der Waals surface area contributed by atoms with Crippen molar-refractivity contribution in [2.24, 2.45) is 5.92 Å². The lowest BCUT2D eigenvalue weighted by molar-refractivity contribution is -0.133. The molecule has 1 aromatic carbocycles. The SMILES string of the molecule is COc1cccc([C@H](C)N2CCC([C@H](O)C(=O)NC3CC3)CC2)c1. The van der Waals surface area contributed by atoms with Crippen LogP contribution in [0, 0.1) is 5.92 Å². The van der Waals surface area contributed by atoms with Crippen LogP contribution in [0.1, 0.15) is 44.2 Å². The van der Waals surface area contributed by atoms with Crippen LogP contribution < -0.4 is 10.1 Å². The van der Waals surface area contributed by atoms with Crippen LogP contribution >= 0.6 is 0 Å². The molecular weight excluding hydrogens is 304 g/mol. The Kier molecular flexibility index (Phi) is 5.41. The van der Waals surface area contributed by atoms with E-state index in [0.29, 0.717) is 12.1 Å². The second-order valence-corrected chi connectivity index (χ2v) is 7.05. The van der Waals surface area contributed by atoms with Crippen molar-refractivity contribution in [3.05, 3.63) is 29.8 Å². The Morgan fingerprint density at radius 2 is 2.00 bits per heavy atom. The van der Waals surface area contributed by atoms with E-state index in [4.69, 9.17) is 4.74 Å². The lowest BCUT2D eigenvalue weighted by Gasteiger charge is -2.37. The number of hydrogen-bond donors (Lipinski definition) is 2. The first kappa shape index (κ1) is 17.2. The molecule has 5 nitrogen and oxygen atoms in total. The smallest absolute Gasteiger partial charge is 0.249 e. The van der Waals surface area contributed by atoms with Gasteiger partial charge in [-0.05, 0) is 69.3 Å². The first-order valence-corrected chi connectivity index (χ1v) is 8.95. The number of amides is 1. The fourth-order valence-electron chi connectivity index (χ4n) is 3.46. The van der Waals surface area contributed by atoms with Crippen LogP contribution in [0.25, 0.3) is 0 Å². The number of piperidine rings is 1. The van der Waals surface area contributed by atoms with Gasteiger partial charge in [0.1, 0.15) is 11.9 Å². The fraction of sp³-hybridized carbons (Fsp3) is 0.632. The summed E-state index contributed by atoms with van der Waals surface area (Å²) in [7, 11) is 1.68. The molecule has 0 unspecified atom stereocenters. The van der Waals surface area contributed by atoms with Crippen molar-refractivity contribution in [1.82, 2.24) is 10.2 Å². The van der Waals surface area contributed by atoms with Gasteiger partial charge in [-0.2, -0.15) is 0 Å². The summed E-state index contributed by atoms with van der Waals surface area (Å²) >= 11 is 0. The number of nitrogens with one attached hydrogen (secondary N) is 1. The second kappa shape index (κ2) is 7.53. The predicted molar refractivity (Wildman–Crippen MR) is 92.9 cm³/mol. The van der Waals surface area contributed by atoms with Crippen molar-refractivity contribution >= 4 is 5.91 Å². The number of rotatable bonds is 6. The molecule has 0 aromatic heterocycles. The Hall–Kier alpha value is -1.59. The number of ether oxygens (including phenoxy) is 1. The first-order valence-electron chi connectivity index (χ1n) is 8.95. The van der Waals surface area contributed by atoms with E-state index in [1.165, 1.54) is 5.56 Å². The van der Waals surface area contributed by atoms with Gasteiger partial charge in [-0.3, -0.25) is 9.69 Å². The zero-order valence-corrected chi connectivity index (χ0v) is 14.6. The molecule has 1 saturated carbocycles. The molecule has 1 heterocycles. The molecular formula is C19H28N2O3. The van der Waals surface area contributed by atoms with Crippen molar-refractivity contribution in [2.45, 2.75) is 50.8 Å². The molecule has 1 saturated heterocycles. The number of aliphatic hydroxyl groups excluding tert-OH is 1. The van der Waals surface area contributed by atoms with Crippen molar-refractivity contribution < 1.29 is 14.6 Å². The zero-order valence-electron chi connectivity index (χ0n) is 14.6. The standard InChI is InChI=1S/C19H28N2O3/c1-13(15-4-3-5-17(12-15)24-2)21-10-8-14(9-11-21)18(22)19(23)20-16-6-7-16/h3-5,12-14,16,18,22H,6-11H2,1-2H3,(H,20,23)/t13-,18-/m0/s1. The van der Waals surface area contributed by atoms with Gasteiger partial charge in [0.25, 0.3) is 0 Å². The molecule has 1 aromatic rings. The number of aliphatic hydroxyl groups is 1. The number of carbonyl (C=O) groups is 1. The molecule has 2 fully saturated rings. The average Bonchev–Trinajstić information content (AvgIpc) is 3.44. The third kappa shape index (κ3) is 4.08. The van der Waals surface area contributed by atoms with E-state index in [2.05, 4.69) is 29.3 Å². The Morgan fingerprint density at radius 1 is 1.29 bits per heavy atom. The number of likely N-dealkylation sites (tertiary alicyclic amines) is 1. The first-order chi connectivity index (χ1) is 11.6. The van der Waals surface area contributed by atoms with Gasteiger partial charge in [0, 0.05) is 12.1 Å². The summed E-state index contributed by atoms with van der Waals surface area (Å²) in [5.41, 5.74) is 1.24. The highest BCUT2D eigenvalue weighted by molar-refractivity contribution is 5.81. The molecule has 0 radical (unpaired) electrons. The molecule has 5 heteroatoms. The van der Waals surface area contributed by atoms with Crippen LogP contribution in [0.4, 0.5) is 0 Å². The fourth-order valence-corrected chi connectivity index (χ4v) is 3.46. The Morgan fingerprint density at radius 3 is 2.62 bits per heavy atom. The van der Waals surface area contributed by atoms with Gasteiger partial charge in [-0.25, -0.2) is 0 Å². The van der Waals surface area contributed by atoms with Gasteiger partial charge in [-0.1, -0.05) is 12.1 Å². The van der Waals surface area contributed by atoms with Crippen LogP contribution in [-0.2, 0) is 4.79 Å². The van der Waals surface area contributed by atoms with Crippen LogP contribution in [0.15, 0.2) is 24.3 Å². The van der Waals surface area contributed by atoms with Crippen LogP contribution in [-0.4, -0.2) is 48.3 Å². The van der Waals surface area contributed by atoms with Gasteiger partial charge in [-0.15, -0.1) is 0 Å². The van der Waals surface area contributed by atoms with Crippen LogP contribution in [0.3, 0.4) is 0 Å². The summed E-state index contributed by atoms with van der Waals surface area (Å²) in [5, 5.41) is 13.2. The summed E-state index contributed by atoms with van der Waals surface area (Å²) in [6, 6.07) is 8.78. The zero-order chi connectivity index (χ0) is 17.1. The van der Waals surface area contributed by atoms with E-state index < -0.39 is 6.10 Å². The van der Waals surface area contributed by atoms with Crippen molar-refractivity contribution in [3.63, 3.8) is 0 Å². The summed E-state index contributed by atoms with van der Waals surface area (Å²) in [5.74, 6) is 0.760. The number of nitrogens with zero attached hydrogens (tertiary/aromatic N) is 1. The topological polar surface area (TPSA) is 61.8 Å². The Bertz CT molecular complexity index is 565. The van der Waals surface area contributed by atoms with Gasteiger partial charge >= 0.3 is 0 Å². The third-order valence-corrected chi connectivity index (χ3v) is 5.34. The number of benzene rings is 1. The molecule has 0 bridgehead atoms. The molecule has 2 N–H and O–H groups in total. The summed E-state index contributed by atoms with van der Waals surface area (Å²) < 4.78 is 5.31. The average molecular weight is 332 g/mol. The van der Waals surface area contributed by atoms with Crippen molar-refractivity contribution in [2.75, 3.05) is 20.2 Å². The van der Waals surface area contributed by atoms with E-state index in [1.54, 1.807) is 7.11 Å². The molecule has 1 aliphatic heterocycles. The minimum Gasteiger partial charge on any atom is -0.497 e. The molecule has 2 aliphatic rings. The largest absolute Gasteiger partial charge is 0.497 e. The third-order valence-electron chi connectivity index (χ3n) is 5.34. The maximum absolute atomic E-state index is 12.0. The van der Waals surface area contributed by atoms with Crippen molar-refractivity contribution in [1.29, 1.82) is 0 Å². The van der Waals surface area contributed by atoms with Crippen molar-refractivity contribution in [3.8, 4) is 5.75 Å². The quantitative estimate of drug-likeness (QED) is 0.837. The number of carbonyl (C=O) groups excluding carboxylic acids is 1. The normalized spacial score (nSPS) is 22.0. The second-order valence-electron chi connectivity index (χ2n) is 7.05. The van der Waals surface area contributed by atoms with Gasteiger partial charge in [0.2, 0.25) is 5.91 Å². The summed E-state index contributed by atoms with van der Waals surface area (Å²) in [4.78, 5) is 14.4. The minimum absolute atomic E-state index is 0.0671. The monoisotopic (exact) mass is 332 g/mol. The predicted octanol–water partition coefficient (Wildman–Crippen LogP) is 2.11. The van der Waals surface area contributed by atoms with E-state index in [0.717, 1.165) is 44.5 Å². The van der Waals surface area contributed by atoms with Crippen LogP contribution in [0.5, 0.6) is 5.75 Å². The number of hydrogen-bond acceptors (Lipinski definition) is 4. The minimum atomic E-state index is -0.861. The van der Waals surface area contributed by atoms with E-state index in [-0.39, 0.29) is 11.8 Å². The lowest BCUT2D eigenvalue weighted by Crippen LogP contribution is -2.45. The highest BCUT2D eigenvalue weighted by Gasteiger charge is 2.33. The van der Waals surface area contributed by atoms with Crippen LogP contribution in [0.2, 0.25) is 0 Å². The van der Waals surface area contributed by atoms with E-state index in [1.807, 2.05) is 12.1 Å². The molecule has 0 spiro atoms. The molecule has 24 heavy (non-hydrogen) atoms. The Labute approximate surface area is 144 Å². The van der Waals surface area contributed by atoms with E-state index >= 15 is 0 Å². The van der Waals surface area contributed by atoms with E-state index in [9.17, 15) is 9.90 Å². The maximum atomic E-state index is 12.0.